The Hall–Kier alpha value is -1.10. The number of hydrogen-bond acceptors (Lipinski definition) is 4. The zero-order valence-electron chi connectivity index (χ0n) is 30.3. The molecule has 0 bridgehead atoms. The third-order valence-electron chi connectivity index (χ3n) is 7.84. The van der Waals surface area contributed by atoms with E-state index in [9.17, 15) is 0 Å². The van der Waals surface area contributed by atoms with Gasteiger partial charge in [-0.1, -0.05) is 67.5 Å². The van der Waals surface area contributed by atoms with Crippen molar-refractivity contribution in [1.82, 2.24) is 14.7 Å². The van der Waals surface area contributed by atoms with E-state index in [1.807, 2.05) is 0 Å². The molecule has 4 heteroatoms. The highest BCUT2D eigenvalue weighted by Gasteiger charge is 2.23. The molecule has 0 aliphatic carbocycles. The SMILES string of the molecule is CCCN(CC)C(C)(C)C.CN(C)CCCC(C)(C)C.COc1ccc(CCN2CCC(CC(C)(C)C)CC2)cc1. The largest absolute Gasteiger partial charge is 0.497 e. The van der Waals surface area contributed by atoms with Crippen molar-refractivity contribution in [2.75, 3.05) is 60.5 Å². The van der Waals surface area contributed by atoms with Crippen LogP contribution >= 0.6 is 0 Å². The monoisotopic (exact) mass is 576 g/mol. The summed E-state index contributed by atoms with van der Waals surface area (Å²) < 4.78 is 5.20. The van der Waals surface area contributed by atoms with E-state index in [-0.39, 0.29) is 0 Å². The predicted octanol–water partition coefficient (Wildman–Crippen LogP) is 9.28. The Morgan fingerprint density at radius 2 is 1.39 bits per heavy atom. The van der Waals surface area contributed by atoms with Gasteiger partial charge in [-0.3, -0.25) is 4.90 Å². The average molecular weight is 576 g/mol. The number of nitrogens with zero attached hydrogens (tertiary/aromatic N) is 3. The maximum Gasteiger partial charge on any atom is 0.118 e. The molecule has 41 heavy (non-hydrogen) atoms. The maximum atomic E-state index is 5.20. The van der Waals surface area contributed by atoms with E-state index < -0.39 is 0 Å². The topological polar surface area (TPSA) is 19.0 Å². The first-order chi connectivity index (χ1) is 18.9. The molecule has 1 aliphatic rings. The number of likely N-dealkylation sites (tertiary alicyclic amines) is 1. The lowest BCUT2D eigenvalue weighted by Crippen LogP contribution is -2.41. The van der Waals surface area contributed by atoms with Crippen LogP contribution in [0.2, 0.25) is 0 Å². The van der Waals surface area contributed by atoms with Gasteiger partial charge in [-0.15, -0.1) is 0 Å². The quantitative estimate of drug-likeness (QED) is 0.262. The van der Waals surface area contributed by atoms with E-state index >= 15 is 0 Å². The highest BCUT2D eigenvalue weighted by Crippen LogP contribution is 2.31. The first-order valence-electron chi connectivity index (χ1n) is 16.6. The van der Waals surface area contributed by atoms with Crippen molar-refractivity contribution in [2.24, 2.45) is 16.7 Å². The summed E-state index contributed by atoms with van der Waals surface area (Å²) >= 11 is 0. The third-order valence-corrected chi connectivity index (χ3v) is 7.84. The summed E-state index contributed by atoms with van der Waals surface area (Å²) in [6.07, 6.45) is 9.17. The van der Waals surface area contributed by atoms with Crippen LogP contribution in [0.25, 0.3) is 0 Å². The van der Waals surface area contributed by atoms with Crippen LogP contribution in [0.5, 0.6) is 5.75 Å². The van der Waals surface area contributed by atoms with Crippen molar-refractivity contribution in [1.29, 1.82) is 0 Å². The number of piperidine rings is 1. The molecule has 0 atom stereocenters. The minimum Gasteiger partial charge on any atom is -0.497 e. The number of rotatable bonds is 11. The third kappa shape index (κ3) is 22.2. The number of benzene rings is 1. The van der Waals surface area contributed by atoms with Crippen LogP contribution in [0.4, 0.5) is 0 Å². The molecule has 0 radical (unpaired) electrons. The van der Waals surface area contributed by atoms with Crippen LogP contribution in [0.1, 0.15) is 120 Å². The zero-order valence-corrected chi connectivity index (χ0v) is 30.3. The van der Waals surface area contributed by atoms with Crippen molar-refractivity contribution >= 4 is 0 Å². The summed E-state index contributed by atoms with van der Waals surface area (Å²) in [5.41, 5.74) is 2.75. The van der Waals surface area contributed by atoms with Gasteiger partial charge >= 0.3 is 0 Å². The molecule has 4 nitrogen and oxygen atoms in total. The Morgan fingerprint density at radius 1 is 0.829 bits per heavy atom. The summed E-state index contributed by atoms with van der Waals surface area (Å²) in [6, 6.07) is 8.49. The molecule has 1 aromatic carbocycles. The van der Waals surface area contributed by atoms with Crippen LogP contribution in [-0.4, -0.2) is 80.7 Å². The number of methoxy groups -OCH3 is 1. The lowest BCUT2D eigenvalue weighted by atomic mass is 9.80. The van der Waals surface area contributed by atoms with Gasteiger partial charge in [0.25, 0.3) is 0 Å². The van der Waals surface area contributed by atoms with Crippen molar-refractivity contribution in [3.8, 4) is 5.75 Å². The smallest absolute Gasteiger partial charge is 0.118 e. The summed E-state index contributed by atoms with van der Waals surface area (Å²) in [5, 5.41) is 0. The van der Waals surface area contributed by atoms with E-state index in [1.54, 1.807) is 7.11 Å². The molecule has 1 saturated heterocycles. The van der Waals surface area contributed by atoms with Crippen LogP contribution in [0, 0.1) is 16.7 Å². The second-order valence-electron chi connectivity index (χ2n) is 15.9. The normalized spacial score (nSPS) is 15.3. The molecule has 0 amide bonds. The van der Waals surface area contributed by atoms with E-state index in [0.717, 1.165) is 24.6 Å². The molecule has 242 valence electrons. The standard InChI is InChI=1S/C19H31NO.2C9H21N/c1-19(2,3)15-17-10-13-20(14-11-17)12-9-16-5-7-18(21-4)8-6-16;1-9(2,3)7-6-8-10(4)5;1-6-8-10(7-2)9(3,4)5/h5-8,17H,9-15H2,1-4H3;2*6-8H2,1-5H3. The zero-order chi connectivity index (χ0) is 31.7. The molecule has 0 aromatic heterocycles. The average Bonchev–Trinajstić information content (AvgIpc) is 2.85. The molecular formula is C37H73N3O. The highest BCUT2D eigenvalue weighted by molar-refractivity contribution is 5.27. The summed E-state index contributed by atoms with van der Waals surface area (Å²) in [7, 11) is 5.97. The van der Waals surface area contributed by atoms with Gasteiger partial charge in [0.05, 0.1) is 7.11 Å². The highest BCUT2D eigenvalue weighted by atomic mass is 16.5. The molecular weight excluding hydrogens is 502 g/mol. The van der Waals surface area contributed by atoms with E-state index in [0.29, 0.717) is 16.4 Å². The Labute approximate surface area is 258 Å². The molecule has 1 aromatic rings. The molecule has 0 saturated carbocycles. The van der Waals surface area contributed by atoms with Gasteiger partial charge in [-0.25, -0.2) is 0 Å². The van der Waals surface area contributed by atoms with Crippen LogP contribution in [0.3, 0.4) is 0 Å². The molecule has 1 aliphatic heterocycles. The van der Waals surface area contributed by atoms with E-state index in [1.165, 1.54) is 76.8 Å². The van der Waals surface area contributed by atoms with Gasteiger partial charge in [0.2, 0.25) is 0 Å². The predicted molar refractivity (Wildman–Crippen MR) is 184 cm³/mol. The molecule has 1 fully saturated rings. The Morgan fingerprint density at radius 3 is 1.76 bits per heavy atom. The lowest BCUT2D eigenvalue weighted by Gasteiger charge is -2.35. The molecule has 0 unspecified atom stereocenters. The van der Waals surface area contributed by atoms with Gasteiger partial charge in [0, 0.05) is 12.1 Å². The molecule has 0 spiro atoms. The van der Waals surface area contributed by atoms with Crippen molar-refractivity contribution in [2.45, 2.75) is 127 Å². The molecule has 1 heterocycles. The summed E-state index contributed by atoms with van der Waals surface area (Å²) in [4.78, 5) is 7.36. The number of hydrogen-bond donors (Lipinski definition) is 0. The Kier molecular flexibility index (Phi) is 19.4. The van der Waals surface area contributed by atoms with Crippen LogP contribution in [0.15, 0.2) is 24.3 Å². The van der Waals surface area contributed by atoms with Crippen LogP contribution < -0.4 is 4.74 Å². The minimum absolute atomic E-state index is 0.352. The van der Waals surface area contributed by atoms with Gasteiger partial charge in [0.1, 0.15) is 5.75 Å². The van der Waals surface area contributed by atoms with Gasteiger partial charge in [-0.05, 0) is 147 Å². The second-order valence-corrected chi connectivity index (χ2v) is 15.9. The van der Waals surface area contributed by atoms with Gasteiger partial charge < -0.3 is 14.5 Å². The fourth-order valence-electron chi connectivity index (χ4n) is 5.52. The Balaban J connectivity index is 0.000000672. The summed E-state index contributed by atoms with van der Waals surface area (Å²) in [6.45, 7) is 32.6. The van der Waals surface area contributed by atoms with Crippen molar-refractivity contribution in [3.05, 3.63) is 29.8 Å². The lowest BCUT2D eigenvalue weighted by molar-refractivity contribution is 0.145. The fraction of sp³-hybridized carbons (Fsp3) is 0.838. The van der Waals surface area contributed by atoms with Crippen molar-refractivity contribution < 1.29 is 4.74 Å². The van der Waals surface area contributed by atoms with Crippen LogP contribution in [-0.2, 0) is 6.42 Å². The number of ether oxygens (including phenoxy) is 1. The first-order valence-corrected chi connectivity index (χ1v) is 16.6. The molecule has 0 N–H and O–H groups in total. The minimum atomic E-state index is 0.352. The Bertz CT molecular complexity index is 744. The summed E-state index contributed by atoms with van der Waals surface area (Å²) in [5.74, 6) is 1.88. The van der Waals surface area contributed by atoms with Gasteiger partial charge in [0.15, 0.2) is 0 Å². The first kappa shape index (κ1) is 39.9. The molecule has 2 rings (SSSR count). The van der Waals surface area contributed by atoms with E-state index in [4.69, 9.17) is 4.74 Å². The second kappa shape index (κ2) is 20.0. The van der Waals surface area contributed by atoms with Gasteiger partial charge in [-0.2, -0.15) is 0 Å². The fourth-order valence-corrected chi connectivity index (χ4v) is 5.52. The van der Waals surface area contributed by atoms with Crippen molar-refractivity contribution in [3.63, 3.8) is 0 Å². The van der Waals surface area contributed by atoms with E-state index in [2.05, 4.69) is 129 Å². The maximum absolute atomic E-state index is 5.20.